The first-order valence-corrected chi connectivity index (χ1v) is 10.4. The SMILES string of the molecule is C=CC(Cc1ccccc1)C(=O)N(Cc1ccccc1)[C@H](C=C)Cc1ccccc1. The van der Waals surface area contributed by atoms with Crippen LogP contribution in [0.15, 0.2) is 116 Å². The molecule has 1 unspecified atom stereocenters. The number of hydrogen-bond donors (Lipinski definition) is 0. The molecule has 0 heterocycles. The van der Waals surface area contributed by atoms with Gasteiger partial charge >= 0.3 is 0 Å². The van der Waals surface area contributed by atoms with Crippen LogP contribution in [-0.4, -0.2) is 16.8 Å². The molecule has 3 aromatic rings. The molecule has 2 nitrogen and oxygen atoms in total. The van der Waals surface area contributed by atoms with Gasteiger partial charge in [0.2, 0.25) is 5.91 Å². The van der Waals surface area contributed by atoms with Crippen LogP contribution in [0.25, 0.3) is 0 Å². The molecule has 0 bridgehead atoms. The molecule has 0 fully saturated rings. The number of carbonyl (C=O) groups excluding carboxylic acids is 1. The highest BCUT2D eigenvalue weighted by Crippen LogP contribution is 2.20. The summed E-state index contributed by atoms with van der Waals surface area (Å²) in [7, 11) is 0. The number of carbonyl (C=O) groups is 1. The zero-order chi connectivity index (χ0) is 21.2. The third-order valence-corrected chi connectivity index (χ3v) is 5.34. The van der Waals surface area contributed by atoms with Crippen molar-refractivity contribution in [3.05, 3.63) is 133 Å². The molecule has 0 spiro atoms. The minimum atomic E-state index is -0.283. The molecule has 0 saturated carbocycles. The van der Waals surface area contributed by atoms with E-state index in [-0.39, 0.29) is 17.9 Å². The first-order chi connectivity index (χ1) is 14.7. The van der Waals surface area contributed by atoms with Crippen LogP contribution in [0, 0.1) is 5.92 Å². The normalized spacial score (nSPS) is 12.5. The monoisotopic (exact) mass is 395 g/mol. The highest BCUT2D eigenvalue weighted by atomic mass is 16.2. The molecule has 2 heteroatoms. The van der Waals surface area contributed by atoms with E-state index in [1.807, 2.05) is 65.6 Å². The maximum atomic E-state index is 13.7. The Morgan fingerprint density at radius 2 is 1.17 bits per heavy atom. The van der Waals surface area contributed by atoms with Gasteiger partial charge in [0.15, 0.2) is 0 Å². The van der Waals surface area contributed by atoms with E-state index in [2.05, 4.69) is 49.6 Å². The van der Waals surface area contributed by atoms with E-state index < -0.39 is 0 Å². The first kappa shape index (κ1) is 21.3. The maximum Gasteiger partial charge on any atom is 0.230 e. The van der Waals surface area contributed by atoms with Crippen molar-refractivity contribution in [2.75, 3.05) is 0 Å². The molecular weight excluding hydrogens is 366 g/mol. The van der Waals surface area contributed by atoms with Crippen LogP contribution in [0.2, 0.25) is 0 Å². The Balaban J connectivity index is 1.87. The van der Waals surface area contributed by atoms with Gasteiger partial charge in [0.1, 0.15) is 0 Å². The molecule has 0 aliphatic heterocycles. The van der Waals surface area contributed by atoms with Gasteiger partial charge in [-0.05, 0) is 29.5 Å². The Morgan fingerprint density at radius 1 is 0.700 bits per heavy atom. The van der Waals surface area contributed by atoms with E-state index in [1.54, 1.807) is 6.08 Å². The fourth-order valence-electron chi connectivity index (χ4n) is 3.67. The number of benzene rings is 3. The predicted octanol–water partition coefficient (Wildman–Crippen LogP) is 5.86. The molecule has 0 saturated heterocycles. The number of rotatable bonds is 10. The Kier molecular flexibility index (Phi) is 7.79. The summed E-state index contributed by atoms with van der Waals surface area (Å²) >= 11 is 0. The van der Waals surface area contributed by atoms with Crippen molar-refractivity contribution in [2.45, 2.75) is 25.4 Å². The molecule has 30 heavy (non-hydrogen) atoms. The lowest BCUT2D eigenvalue weighted by Gasteiger charge is -2.33. The summed E-state index contributed by atoms with van der Waals surface area (Å²) in [5.74, 6) is -0.201. The second-order valence-corrected chi connectivity index (χ2v) is 7.48. The third kappa shape index (κ3) is 5.81. The summed E-state index contributed by atoms with van der Waals surface area (Å²) in [4.78, 5) is 15.6. The summed E-state index contributed by atoms with van der Waals surface area (Å²) in [6.07, 6.45) is 5.04. The van der Waals surface area contributed by atoms with Crippen LogP contribution in [0.3, 0.4) is 0 Å². The fourth-order valence-corrected chi connectivity index (χ4v) is 3.67. The van der Waals surface area contributed by atoms with E-state index >= 15 is 0 Å². The molecule has 0 radical (unpaired) electrons. The van der Waals surface area contributed by atoms with Crippen LogP contribution in [0.1, 0.15) is 16.7 Å². The van der Waals surface area contributed by atoms with Gasteiger partial charge in [-0.3, -0.25) is 4.79 Å². The topological polar surface area (TPSA) is 20.3 Å². The minimum Gasteiger partial charge on any atom is -0.331 e. The van der Waals surface area contributed by atoms with E-state index in [4.69, 9.17) is 0 Å². The van der Waals surface area contributed by atoms with Gasteiger partial charge in [-0.2, -0.15) is 0 Å². The van der Waals surface area contributed by atoms with Gasteiger partial charge in [-0.1, -0.05) is 103 Å². The van der Waals surface area contributed by atoms with Gasteiger partial charge < -0.3 is 4.90 Å². The molecule has 0 aromatic heterocycles. The van der Waals surface area contributed by atoms with Crippen molar-refractivity contribution in [1.29, 1.82) is 0 Å². The molecular formula is C28H29NO. The van der Waals surface area contributed by atoms with Crippen LogP contribution < -0.4 is 0 Å². The Labute approximate surface area is 180 Å². The molecule has 0 aliphatic rings. The van der Waals surface area contributed by atoms with Crippen molar-refractivity contribution in [2.24, 2.45) is 5.92 Å². The van der Waals surface area contributed by atoms with Crippen molar-refractivity contribution >= 4 is 5.91 Å². The average Bonchev–Trinajstić information content (AvgIpc) is 2.81. The fraction of sp³-hybridized carbons (Fsp3) is 0.179. The molecule has 0 N–H and O–H groups in total. The van der Waals surface area contributed by atoms with Crippen molar-refractivity contribution in [3.8, 4) is 0 Å². The summed E-state index contributed by atoms with van der Waals surface area (Å²) in [6.45, 7) is 8.56. The zero-order valence-electron chi connectivity index (χ0n) is 17.4. The number of amides is 1. The second kappa shape index (κ2) is 11.0. The van der Waals surface area contributed by atoms with Gasteiger partial charge in [-0.25, -0.2) is 0 Å². The van der Waals surface area contributed by atoms with Crippen LogP contribution in [-0.2, 0) is 24.2 Å². The molecule has 1 amide bonds. The average molecular weight is 396 g/mol. The van der Waals surface area contributed by atoms with Crippen molar-refractivity contribution in [1.82, 2.24) is 4.90 Å². The lowest BCUT2D eigenvalue weighted by Crippen LogP contribution is -2.43. The first-order valence-electron chi connectivity index (χ1n) is 10.4. The predicted molar refractivity (Wildman–Crippen MR) is 125 cm³/mol. The number of hydrogen-bond acceptors (Lipinski definition) is 1. The summed E-state index contributed by atoms with van der Waals surface area (Å²) in [6, 6.07) is 30.4. The van der Waals surface area contributed by atoms with Crippen molar-refractivity contribution < 1.29 is 4.79 Å². The zero-order valence-corrected chi connectivity index (χ0v) is 17.4. The summed E-state index contributed by atoms with van der Waals surface area (Å²) in [5.41, 5.74) is 3.42. The quantitative estimate of drug-likeness (QED) is 0.394. The van der Waals surface area contributed by atoms with E-state index in [9.17, 15) is 4.79 Å². The molecule has 0 aliphatic carbocycles. The molecule has 3 rings (SSSR count). The highest BCUT2D eigenvalue weighted by molar-refractivity contribution is 5.81. The molecule has 152 valence electrons. The Morgan fingerprint density at radius 3 is 1.63 bits per heavy atom. The van der Waals surface area contributed by atoms with Crippen molar-refractivity contribution in [3.63, 3.8) is 0 Å². The van der Waals surface area contributed by atoms with E-state index in [0.29, 0.717) is 13.0 Å². The van der Waals surface area contributed by atoms with E-state index in [0.717, 1.165) is 17.5 Å². The smallest absolute Gasteiger partial charge is 0.230 e. The second-order valence-electron chi connectivity index (χ2n) is 7.48. The van der Waals surface area contributed by atoms with Gasteiger partial charge in [-0.15, -0.1) is 13.2 Å². The largest absolute Gasteiger partial charge is 0.331 e. The van der Waals surface area contributed by atoms with E-state index in [1.165, 1.54) is 5.56 Å². The minimum absolute atomic E-state index is 0.0820. The maximum absolute atomic E-state index is 13.7. The van der Waals surface area contributed by atoms with Gasteiger partial charge in [0.25, 0.3) is 0 Å². The Hall–Kier alpha value is -3.39. The summed E-state index contributed by atoms with van der Waals surface area (Å²) in [5, 5.41) is 0. The van der Waals surface area contributed by atoms with Gasteiger partial charge in [0.05, 0.1) is 12.0 Å². The van der Waals surface area contributed by atoms with Crippen LogP contribution >= 0.6 is 0 Å². The highest BCUT2D eigenvalue weighted by Gasteiger charge is 2.27. The summed E-state index contributed by atoms with van der Waals surface area (Å²) < 4.78 is 0. The van der Waals surface area contributed by atoms with Gasteiger partial charge in [0, 0.05) is 6.54 Å². The van der Waals surface area contributed by atoms with Crippen LogP contribution in [0.5, 0.6) is 0 Å². The Bertz CT molecular complexity index is 934. The third-order valence-electron chi connectivity index (χ3n) is 5.34. The van der Waals surface area contributed by atoms with Crippen LogP contribution in [0.4, 0.5) is 0 Å². The molecule has 3 aromatic carbocycles. The number of nitrogens with zero attached hydrogens (tertiary/aromatic N) is 1. The standard InChI is InChI=1S/C28H29NO/c1-3-26(20-23-14-8-5-9-15-23)28(30)29(22-25-18-12-7-13-19-25)27(4-2)21-24-16-10-6-11-17-24/h3-19,26-27H,1-2,20-22H2/t26?,27-/m1/s1. The lowest BCUT2D eigenvalue weighted by atomic mass is 9.95. The molecule has 2 atom stereocenters. The lowest BCUT2D eigenvalue weighted by molar-refractivity contribution is -0.136.